The van der Waals surface area contributed by atoms with Gasteiger partial charge < -0.3 is 42.6 Å². The molecule has 13 heteroatoms. The molecule has 0 aromatic heterocycles. The first kappa shape index (κ1) is 31.9. The average Bonchev–Trinajstić information content (AvgIpc) is 3.24. The summed E-state index contributed by atoms with van der Waals surface area (Å²) in [6.07, 6.45) is -4.57. The lowest BCUT2D eigenvalue weighted by molar-refractivity contribution is -0.309. The summed E-state index contributed by atoms with van der Waals surface area (Å²) in [5, 5.41) is 0.769. The Hall–Kier alpha value is -2.04. The van der Waals surface area contributed by atoms with Crippen LogP contribution in [-0.4, -0.2) is 135 Å². The highest BCUT2D eigenvalue weighted by atomic mass is 16.7. The van der Waals surface area contributed by atoms with Gasteiger partial charge in [-0.25, -0.2) is 0 Å². The average molecular weight is 584 g/mol. The third-order valence-electron chi connectivity index (χ3n) is 8.08. The molecule has 10 atom stereocenters. The van der Waals surface area contributed by atoms with E-state index in [2.05, 4.69) is 0 Å². The number of nitrogens with zero attached hydrogens (tertiary/aromatic N) is 1. The largest absolute Gasteiger partial charge is 0.382 e. The second-order valence-corrected chi connectivity index (χ2v) is 10.1. The van der Waals surface area contributed by atoms with Crippen LogP contribution in [0.5, 0.6) is 0 Å². The molecule has 0 saturated carbocycles. The molecule has 0 aliphatic carbocycles. The SMILES string of the molecule is COC[C@H]1O[C@H](C[C@H]2[C@H](OC)[C@@H](OC)[C@@H](OC)O[C@@H]2CON2C(=O)c3ccccc3C2=O)[C@@H](OC)[C@@H](OC)[C@@H]1OC. The third-order valence-corrected chi connectivity index (χ3v) is 8.08. The first-order valence-electron chi connectivity index (χ1n) is 13.5. The van der Waals surface area contributed by atoms with Crippen LogP contribution in [0.2, 0.25) is 0 Å². The topological polar surface area (TPSA) is 130 Å². The molecule has 2 saturated heterocycles. The van der Waals surface area contributed by atoms with Crippen LogP contribution in [0, 0.1) is 5.92 Å². The number of rotatable bonds is 13. The number of fused-ring (bicyclic) bond motifs is 1. The summed E-state index contributed by atoms with van der Waals surface area (Å²) in [7, 11) is 11.0. The molecular formula is C28H41NO12. The molecule has 3 aliphatic rings. The molecule has 3 aliphatic heterocycles. The van der Waals surface area contributed by atoms with Crippen molar-refractivity contribution in [2.45, 2.75) is 61.5 Å². The van der Waals surface area contributed by atoms with E-state index in [1.54, 1.807) is 66.9 Å². The minimum absolute atomic E-state index is 0.146. The number of imide groups is 1. The van der Waals surface area contributed by atoms with Crippen molar-refractivity contribution in [2.24, 2.45) is 5.92 Å². The predicted molar refractivity (Wildman–Crippen MR) is 141 cm³/mol. The quantitative estimate of drug-likeness (QED) is 0.308. The molecule has 13 nitrogen and oxygen atoms in total. The van der Waals surface area contributed by atoms with Crippen LogP contribution >= 0.6 is 0 Å². The first-order chi connectivity index (χ1) is 19.9. The van der Waals surface area contributed by atoms with Crippen LogP contribution in [0.4, 0.5) is 0 Å². The van der Waals surface area contributed by atoms with Gasteiger partial charge in [-0.2, -0.15) is 0 Å². The number of amides is 2. The number of benzene rings is 1. The summed E-state index contributed by atoms with van der Waals surface area (Å²) < 4.78 is 52.9. The number of carbonyl (C=O) groups is 2. The molecule has 0 unspecified atom stereocenters. The highest BCUT2D eigenvalue weighted by molar-refractivity contribution is 6.20. The van der Waals surface area contributed by atoms with Gasteiger partial charge in [-0.1, -0.05) is 12.1 Å². The van der Waals surface area contributed by atoms with Gasteiger partial charge in [0.05, 0.1) is 36.0 Å². The minimum atomic E-state index is -0.798. The Bertz CT molecular complexity index is 991. The van der Waals surface area contributed by atoms with E-state index in [4.69, 9.17) is 47.5 Å². The summed E-state index contributed by atoms with van der Waals surface area (Å²) in [4.78, 5) is 31.7. The van der Waals surface area contributed by atoms with Crippen LogP contribution in [0.25, 0.3) is 0 Å². The van der Waals surface area contributed by atoms with E-state index in [1.165, 1.54) is 7.11 Å². The maximum Gasteiger partial charge on any atom is 0.285 e. The fourth-order valence-corrected chi connectivity index (χ4v) is 6.17. The fraction of sp³-hybridized carbons (Fsp3) is 0.714. The Morgan fingerprint density at radius 1 is 0.634 bits per heavy atom. The summed E-state index contributed by atoms with van der Waals surface area (Å²) in [5.41, 5.74) is 0.562. The predicted octanol–water partition coefficient (Wildman–Crippen LogP) is 1.08. The zero-order chi connectivity index (χ0) is 29.7. The van der Waals surface area contributed by atoms with Gasteiger partial charge >= 0.3 is 0 Å². The molecule has 2 amide bonds. The van der Waals surface area contributed by atoms with E-state index in [1.807, 2.05) is 0 Å². The zero-order valence-electron chi connectivity index (χ0n) is 24.6. The molecule has 4 rings (SSSR count). The van der Waals surface area contributed by atoms with Gasteiger partial charge in [0.25, 0.3) is 11.8 Å². The lowest BCUT2D eigenvalue weighted by Crippen LogP contribution is -2.63. The fourth-order valence-electron chi connectivity index (χ4n) is 6.17. The number of carbonyl (C=O) groups excluding carboxylic acids is 2. The number of hydrogen-bond donors (Lipinski definition) is 0. The van der Waals surface area contributed by atoms with Gasteiger partial charge in [0.2, 0.25) is 0 Å². The van der Waals surface area contributed by atoms with Gasteiger partial charge in [-0.05, 0) is 18.6 Å². The lowest BCUT2D eigenvalue weighted by atomic mass is 9.81. The molecule has 0 N–H and O–H groups in total. The Morgan fingerprint density at radius 3 is 1.71 bits per heavy atom. The highest BCUT2D eigenvalue weighted by Gasteiger charge is 2.53. The van der Waals surface area contributed by atoms with Gasteiger partial charge in [0.15, 0.2) is 6.29 Å². The van der Waals surface area contributed by atoms with E-state index in [-0.39, 0.29) is 24.3 Å². The maximum atomic E-state index is 12.9. The summed E-state index contributed by atoms with van der Waals surface area (Å²) >= 11 is 0. The number of hydrogen-bond acceptors (Lipinski definition) is 12. The van der Waals surface area contributed by atoms with Crippen LogP contribution in [0.1, 0.15) is 27.1 Å². The molecular weight excluding hydrogens is 542 g/mol. The smallest absolute Gasteiger partial charge is 0.285 e. The van der Waals surface area contributed by atoms with E-state index < -0.39 is 72.9 Å². The van der Waals surface area contributed by atoms with E-state index >= 15 is 0 Å². The number of methoxy groups -OCH3 is 7. The Morgan fingerprint density at radius 2 is 1.20 bits per heavy atom. The van der Waals surface area contributed by atoms with Crippen LogP contribution in [0.15, 0.2) is 24.3 Å². The Balaban J connectivity index is 1.60. The van der Waals surface area contributed by atoms with Crippen LogP contribution in [-0.2, 0) is 47.5 Å². The van der Waals surface area contributed by atoms with Gasteiger partial charge in [0, 0.05) is 55.7 Å². The van der Waals surface area contributed by atoms with E-state index in [0.717, 1.165) is 5.06 Å². The van der Waals surface area contributed by atoms with Crippen molar-refractivity contribution in [3.63, 3.8) is 0 Å². The first-order valence-corrected chi connectivity index (χ1v) is 13.5. The van der Waals surface area contributed by atoms with Gasteiger partial charge in [0.1, 0.15) is 37.1 Å². The molecule has 3 heterocycles. The van der Waals surface area contributed by atoms with Crippen molar-refractivity contribution in [3.05, 3.63) is 35.4 Å². The minimum Gasteiger partial charge on any atom is -0.382 e. The van der Waals surface area contributed by atoms with Crippen molar-refractivity contribution in [2.75, 3.05) is 63.0 Å². The Kier molecular flexibility index (Phi) is 11.2. The van der Waals surface area contributed by atoms with Crippen molar-refractivity contribution < 1.29 is 57.1 Å². The second kappa shape index (κ2) is 14.4. The Labute approximate surface area is 240 Å². The molecule has 230 valence electrons. The molecule has 41 heavy (non-hydrogen) atoms. The van der Waals surface area contributed by atoms with Crippen molar-refractivity contribution >= 4 is 11.8 Å². The normalized spacial score (nSPS) is 35.6. The number of ether oxygens (including phenoxy) is 9. The molecule has 1 aromatic rings. The van der Waals surface area contributed by atoms with E-state index in [9.17, 15) is 9.59 Å². The summed E-state index contributed by atoms with van der Waals surface area (Å²) in [5.74, 6) is -1.48. The number of hydroxylamine groups is 2. The highest BCUT2D eigenvalue weighted by Crippen LogP contribution is 2.38. The molecule has 0 bridgehead atoms. The van der Waals surface area contributed by atoms with E-state index in [0.29, 0.717) is 6.42 Å². The lowest BCUT2D eigenvalue weighted by Gasteiger charge is -2.49. The van der Waals surface area contributed by atoms with Crippen molar-refractivity contribution in [1.29, 1.82) is 0 Å². The standard InChI is InChI=1S/C28H41NO12/c1-32-13-20-23(35-4)24(36-5)22(34-3)18(40-20)12-17-19(41-28(38-7)25(37-6)21(17)33-2)14-39-29-26(30)15-10-8-9-11-16(15)27(29)31/h8-11,17-25,28H,12-14H2,1-7H3/t17-,18-,19-,20-,21+,22-,23-,24-,25-,28+/m1/s1. The third kappa shape index (κ3) is 6.20. The second-order valence-electron chi connectivity index (χ2n) is 10.1. The zero-order valence-corrected chi connectivity index (χ0v) is 24.6. The summed E-state index contributed by atoms with van der Waals surface area (Å²) in [6.45, 7) is 0.130. The van der Waals surface area contributed by atoms with Crippen molar-refractivity contribution in [1.82, 2.24) is 5.06 Å². The van der Waals surface area contributed by atoms with Crippen LogP contribution in [0.3, 0.4) is 0 Å². The molecule has 2 fully saturated rings. The van der Waals surface area contributed by atoms with Gasteiger partial charge in [-0.15, -0.1) is 5.06 Å². The van der Waals surface area contributed by atoms with Gasteiger partial charge in [-0.3, -0.25) is 14.4 Å². The molecule has 1 aromatic carbocycles. The summed E-state index contributed by atoms with van der Waals surface area (Å²) in [6, 6.07) is 6.57. The van der Waals surface area contributed by atoms with Crippen LogP contribution < -0.4 is 0 Å². The maximum absolute atomic E-state index is 12.9. The van der Waals surface area contributed by atoms with Crippen molar-refractivity contribution in [3.8, 4) is 0 Å². The molecule has 0 radical (unpaired) electrons. The molecule has 0 spiro atoms. The monoisotopic (exact) mass is 583 g/mol.